The van der Waals surface area contributed by atoms with Crippen LogP contribution in [0, 0.1) is 10.1 Å². The Balaban J connectivity index is 1.85. The van der Waals surface area contributed by atoms with Crippen LogP contribution in [-0.2, 0) is 4.74 Å². The van der Waals surface area contributed by atoms with Crippen LogP contribution in [0.5, 0.6) is 11.5 Å². The molecule has 1 saturated heterocycles. The number of benzene rings is 2. The Labute approximate surface area is 162 Å². The Bertz CT molecular complexity index is 880. The molecule has 9 nitrogen and oxygen atoms in total. The fourth-order valence-corrected chi connectivity index (χ4v) is 3.00. The highest BCUT2D eigenvalue weighted by Crippen LogP contribution is 2.32. The van der Waals surface area contributed by atoms with E-state index in [-0.39, 0.29) is 5.69 Å². The number of nitro benzene ring substituents is 1. The number of nitrogens with one attached hydrogen (secondary N) is 1. The molecule has 1 aliphatic rings. The lowest BCUT2D eigenvalue weighted by molar-refractivity contribution is -0.384. The summed E-state index contributed by atoms with van der Waals surface area (Å²) in [4.78, 5) is 25.6. The summed E-state index contributed by atoms with van der Waals surface area (Å²) >= 11 is 0. The topological polar surface area (TPSA) is 103 Å². The maximum absolute atomic E-state index is 12.6. The number of nitro groups is 1. The molecule has 1 amide bonds. The van der Waals surface area contributed by atoms with Gasteiger partial charge in [0, 0.05) is 30.9 Å². The molecule has 0 atom stereocenters. The minimum atomic E-state index is -0.450. The summed E-state index contributed by atoms with van der Waals surface area (Å²) < 4.78 is 15.7. The van der Waals surface area contributed by atoms with Crippen LogP contribution in [0.3, 0.4) is 0 Å². The highest BCUT2D eigenvalue weighted by Gasteiger charge is 2.23. The SMILES string of the molecule is COc1ccc(C(=O)Nc2ccc(N3CCOCC3)c([N+](=O)[O-])c2)c(OC)c1. The molecule has 0 aliphatic carbocycles. The van der Waals surface area contributed by atoms with Crippen molar-refractivity contribution in [1.82, 2.24) is 0 Å². The van der Waals surface area contributed by atoms with Crippen molar-refractivity contribution in [2.24, 2.45) is 0 Å². The monoisotopic (exact) mass is 387 g/mol. The van der Waals surface area contributed by atoms with Gasteiger partial charge in [-0.15, -0.1) is 0 Å². The molecule has 0 spiro atoms. The average Bonchev–Trinajstić information content (AvgIpc) is 2.73. The predicted molar refractivity (Wildman–Crippen MR) is 104 cm³/mol. The van der Waals surface area contributed by atoms with Gasteiger partial charge in [-0.1, -0.05) is 0 Å². The summed E-state index contributed by atoms with van der Waals surface area (Å²) in [6.07, 6.45) is 0. The molecule has 2 aromatic carbocycles. The standard InChI is InChI=1S/C19H21N3O6/c1-26-14-4-5-15(18(12-14)27-2)19(23)20-13-3-6-16(17(11-13)22(24)25)21-7-9-28-10-8-21/h3-6,11-12H,7-10H2,1-2H3,(H,20,23). The molecule has 1 fully saturated rings. The molecule has 3 rings (SSSR count). The van der Waals surface area contributed by atoms with Crippen LogP contribution < -0.4 is 19.7 Å². The van der Waals surface area contributed by atoms with E-state index < -0.39 is 10.8 Å². The van der Waals surface area contributed by atoms with Crippen molar-refractivity contribution in [2.75, 3.05) is 50.7 Å². The minimum absolute atomic E-state index is 0.0682. The van der Waals surface area contributed by atoms with Crippen molar-refractivity contribution in [3.63, 3.8) is 0 Å². The van der Waals surface area contributed by atoms with E-state index in [9.17, 15) is 14.9 Å². The number of rotatable bonds is 6. The van der Waals surface area contributed by atoms with Crippen LogP contribution in [0.2, 0.25) is 0 Å². The molecule has 0 unspecified atom stereocenters. The van der Waals surface area contributed by atoms with Crippen LogP contribution in [0.15, 0.2) is 36.4 Å². The van der Waals surface area contributed by atoms with Crippen molar-refractivity contribution in [3.8, 4) is 11.5 Å². The van der Waals surface area contributed by atoms with Crippen LogP contribution in [-0.4, -0.2) is 51.4 Å². The number of ether oxygens (including phenoxy) is 3. The summed E-state index contributed by atoms with van der Waals surface area (Å²) in [5.41, 5.74) is 1.06. The Morgan fingerprint density at radius 2 is 1.89 bits per heavy atom. The van der Waals surface area contributed by atoms with Gasteiger partial charge in [0.25, 0.3) is 11.6 Å². The van der Waals surface area contributed by atoms with Gasteiger partial charge in [-0.25, -0.2) is 0 Å². The van der Waals surface area contributed by atoms with Gasteiger partial charge in [0.1, 0.15) is 17.2 Å². The maximum atomic E-state index is 12.6. The summed E-state index contributed by atoms with van der Waals surface area (Å²) in [5.74, 6) is 0.461. The molecule has 148 valence electrons. The van der Waals surface area contributed by atoms with Crippen LogP contribution in [0.1, 0.15) is 10.4 Å². The van der Waals surface area contributed by atoms with Gasteiger partial charge in [-0.05, 0) is 24.3 Å². The maximum Gasteiger partial charge on any atom is 0.294 e. The first-order chi connectivity index (χ1) is 13.5. The third kappa shape index (κ3) is 4.15. The first-order valence-corrected chi connectivity index (χ1v) is 8.68. The Hall–Kier alpha value is -3.33. The van der Waals surface area contributed by atoms with E-state index in [1.165, 1.54) is 20.3 Å². The Morgan fingerprint density at radius 3 is 2.54 bits per heavy atom. The zero-order valence-electron chi connectivity index (χ0n) is 15.6. The quantitative estimate of drug-likeness (QED) is 0.600. The fraction of sp³-hybridized carbons (Fsp3) is 0.316. The molecular weight excluding hydrogens is 366 g/mol. The number of nitrogens with zero attached hydrogens (tertiary/aromatic N) is 2. The van der Waals surface area contributed by atoms with E-state index in [2.05, 4.69) is 5.32 Å². The highest BCUT2D eigenvalue weighted by molar-refractivity contribution is 6.06. The van der Waals surface area contributed by atoms with Gasteiger partial charge in [0.05, 0.1) is 37.9 Å². The lowest BCUT2D eigenvalue weighted by Gasteiger charge is -2.28. The van der Waals surface area contributed by atoms with Crippen LogP contribution >= 0.6 is 0 Å². The van der Waals surface area contributed by atoms with Crippen molar-refractivity contribution < 1.29 is 23.9 Å². The summed E-state index contributed by atoms with van der Waals surface area (Å²) in [6, 6.07) is 9.46. The molecule has 28 heavy (non-hydrogen) atoms. The van der Waals surface area contributed by atoms with Crippen LogP contribution in [0.4, 0.5) is 17.1 Å². The number of hydrogen-bond acceptors (Lipinski definition) is 7. The predicted octanol–water partition coefficient (Wildman–Crippen LogP) is 2.70. The first-order valence-electron chi connectivity index (χ1n) is 8.68. The lowest BCUT2D eigenvalue weighted by atomic mass is 10.1. The number of hydrogen-bond donors (Lipinski definition) is 1. The minimum Gasteiger partial charge on any atom is -0.497 e. The van der Waals surface area contributed by atoms with E-state index in [0.717, 1.165) is 0 Å². The lowest BCUT2D eigenvalue weighted by Crippen LogP contribution is -2.36. The number of methoxy groups -OCH3 is 2. The molecule has 1 aliphatic heterocycles. The van der Waals surface area contributed by atoms with E-state index >= 15 is 0 Å². The van der Waals surface area contributed by atoms with Crippen LogP contribution in [0.25, 0.3) is 0 Å². The van der Waals surface area contributed by atoms with E-state index in [1.54, 1.807) is 30.3 Å². The van der Waals surface area contributed by atoms with Gasteiger partial charge < -0.3 is 24.4 Å². The van der Waals surface area contributed by atoms with Gasteiger partial charge in [-0.2, -0.15) is 0 Å². The second-order valence-electron chi connectivity index (χ2n) is 6.08. The van der Waals surface area contributed by atoms with Crippen molar-refractivity contribution in [1.29, 1.82) is 0 Å². The normalized spacial score (nSPS) is 13.7. The smallest absolute Gasteiger partial charge is 0.294 e. The van der Waals surface area contributed by atoms with Crippen molar-refractivity contribution >= 4 is 23.0 Å². The van der Waals surface area contributed by atoms with Gasteiger partial charge in [-0.3, -0.25) is 14.9 Å². The molecule has 0 saturated carbocycles. The van der Waals surface area contributed by atoms with Gasteiger partial charge >= 0.3 is 0 Å². The second kappa shape index (κ2) is 8.57. The summed E-state index contributed by atoms with van der Waals surface area (Å²) in [6.45, 7) is 2.20. The summed E-state index contributed by atoms with van der Waals surface area (Å²) in [7, 11) is 2.97. The van der Waals surface area contributed by atoms with Gasteiger partial charge in [0.15, 0.2) is 0 Å². The molecule has 0 bridgehead atoms. The molecule has 1 N–H and O–H groups in total. The van der Waals surface area contributed by atoms with Crippen molar-refractivity contribution in [3.05, 3.63) is 52.1 Å². The Kier molecular flexibility index (Phi) is 5.95. The molecular formula is C19H21N3O6. The largest absolute Gasteiger partial charge is 0.497 e. The van der Waals surface area contributed by atoms with Crippen molar-refractivity contribution in [2.45, 2.75) is 0 Å². The molecule has 2 aromatic rings. The molecule has 1 heterocycles. The highest BCUT2D eigenvalue weighted by atomic mass is 16.6. The zero-order chi connectivity index (χ0) is 20.1. The van der Waals surface area contributed by atoms with E-state index in [4.69, 9.17) is 14.2 Å². The molecule has 0 radical (unpaired) electrons. The molecule has 9 heteroatoms. The fourth-order valence-electron chi connectivity index (χ4n) is 3.00. The average molecular weight is 387 g/mol. The number of carbonyl (C=O) groups is 1. The second-order valence-corrected chi connectivity index (χ2v) is 6.08. The Morgan fingerprint density at radius 1 is 1.14 bits per heavy atom. The number of anilines is 2. The van der Waals surface area contributed by atoms with E-state index in [0.29, 0.717) is 54.7 Å². The van der Waals surface area contributed by atoms with E-state index in [1.807, 2.05) is 4.90 Å². The summed E-state index contributed by atoms with van der Waals surface area (Å²) in [5, 5.41) is 14.2. The number of amides is 1. The number of morpholine rings is 1. The zero-order valence-corrected chi connectivity index (χ0v) is 15.6. The first kappa shape index (κ1) is 19.4. The third-order valence-corrected chi connectivity index (χ3v) is 4.44. The van der Waals surface area contributed by atoms with Gasteiger partial charge in [0.2, 0.25) is 0 Å². The third-order valence-electron chi connectivity index (χ3n) is 4.44. The number of carbonyl (C=O) groups excluding carboxylic acids is 1. The molecule has 0 aromatic heterocycles.